The average molecular weight is 704 g/mol. The number of benzene rings is 3. The molecule has 3 aromatic rings. The predicted octanol–water partition coefficient (Wildman–Crippen LogP) is 6.65. The summed E-state index contributed by atoms with van der Waals surface area (Å²) in [5, 5.41) is 6.82. The number of carbonyl (C=O) groups is 3. The molecular weight excluding hydrogens is 674 g/mol. The van der Waals surface area contributed by atoms with Crippen molar-refractivity contribution in [1.29, 1.82) is 0 Å². The number of piperidine rings is 2. The normalized spacial score (nSPS) is 23.3. The number of ether oxygens (including phenoxy) is 1. The fourth-order valence-electron chi connectivity index (χ4n) is 6.79. The lowest BCUT2D eigenvalue weighted by Gasteiger charge is -2.47. The van der Waals surface area contributed by atoms with E-state index in [-0.39, 0.29) is 40.2 Å². The number of nitrogens with zero attached hydrogens (tertiary/aromatic N) is 2. The summed E-state index contributed by atoms with van der Waals surface area (Å²) in [6.07, 6.45) is 0.719. The molecule has 3 aliphatic heterocycles. The first-order chi connectivity index (χ1) is 21.0. The number of hydrogen-bond acceptors (Lipinski definition) is 4. The van der Waals surface area contributed by atoms with Crippen LogP contribution < -0.4 is 15.4 Å². The number of rotatable bonds is 4. The molecule has 0 radical (unpaired) electrons. The molecular formula is C32H30BrCl2FN4O4. The van der Waals surface area contributed by atoms with E-state index in [0.29, 0.717) is 52.8 Å². The summed E-state index contributed by atoms with van der Waals surface area (Å²) in [4.78, 5) is 43.6. The first-order valence-corrected chi connectivity index (χ1v) is 15.8. The molecule has 2 fully saturated rings. The third-order valence-corrected chi connectivity index (χ3v) is 9.85. The van der Waals surface area contributed by atoms with E-state index in [4.69, 9.17) is 27.9 Å². The zero-order chi connectivity index (χ0) is 31.3. The van der Waals surface area contributed by atoms with Crippen molar-refractivity contribution in [2.24, 2.45) is 0 Å². The van der Waals surface area contributed by atoms with Gasteiger partial charge in [0.1, 0.15) is 23.1 Å². The van der Waals surface area contributed by atoms with Crippen LogP contribution in [-0.2, 0) is 15.0 Å². The second kappa shape index (κ2) is 11.9. The van der Waals surface area contributed by atoms with E-state index in [9.17, 15) is 14.4 Å². The van der Waals surface area contributed by atoms with E-state index in [0.717, 1.165) is 0 Å². The van der Waals surface area contributed by atoms with Gasteiger partial charge in [0.2, 0.25) is 11.8 Å². The Morgan fingerprint density at radius 3 is 2.50 bits per heavy atom. The van der Waals surface area contributed by atoms with E-state index in [1.807, 2.05) is 6.07 Å². The number of fused-ring (bicyclic) bond motifs is 2. The van der Waals surface area contributed by atoms with Crippen molar-refractivity contribution >= 4 is 62.7 Å². The molecule has 0 aliphatic carbocycles. The van der Waals surface area contributed by atoms with Gasteiger partial charge in [-0.2, -0.15) is 0 Å². The Labute approximate surface area is 272 Å². The lowest BCUT2D eigenvalue weighted by Crippen LogP contribution is -2.57. The van der Waals surface area contributed by atoms with Gasteiger partial charge in [-0.1, -0.05) is 41.4 Å². The van der Waals surface area contributed by atoms with E-state index in [1.165, 1.54) is 4.90 Å². The monoisotopic (exact) mass is 702 g/mol. The summed E-state index contributed by atoms with van der Waals surface area (Å²) in [7, 11) is 3.41. The number of anilines is 1. The molecule has 3 atom stereocenters. The van der Waals surface area contributed by atoms with Gasteiger partial charge in [0, 0.05) is 68.1 Å². The third kappa shape index (κ3) is 5.20. The standard InChI is InChI=1S/C32H30BrCl2FN4O4/c1-39(2)31(43)40-12-10-20(11-13-40)44-25-9-8-23(33)28(36)27(25)29-32(21-7-6-19(35)15-24(21)37-30(32)42)22(16-26(41)38-29)17-4-3-5-18(34)14-17/h3-9,14-15,20,22,29H,10-13,16H2,1-2H3,(H,37,42)(H,38,41)/t22-,29-,32-/m0/s1. The average Bonchev–Trinajstić information content (AvgIpc) is 3.27. The number of urea groups is 1. The predicted molar refractivity (Wildman–Crippen MR) is 170 cm³/mol. The Morgan fingerprint density at radius 1 is 1.07 bits per heavy atom. The van der Waals surface area contributed by atoms with Crippen LogP contribution in [0.4, 0.5) is 14.9 Å². The van der Waals surface area contributed by atoms with Crippen molar-refractivity contribution in [2.75, 3.05) is 32.5 Å². The SMILES string of the molecule is CN(C)C(=O)N1CCC(Oc2ccc(Br)c(F)c2[C@@H]2NC(=O)C[C@@H](c3cccc(Cl)c3)[C@]23C(=O)Nc2cc(Cl)ccc23)CC1. The van der Waals surface area contributed by atoms with E-state index < -0.39 is 29.1 Å². The Kier molecular flexibility index (Phi) is 8.28. The minimum atomic E-state index is -1.47. The molecule has 3 heterocycles. The summed E-state index contributed by atoms with van der Waals surface area (Å²) >= 11 is 16.0. The van der Waals surface area contributed by atoms with Gasteiger partial charge in [0.15, 0.2) is 0 Å². The minimum Gasteiger partial charge on any atom is -0.490 e. The maximum Gasteiger partial charge on any atom is 0.319 e. The zero-order valence-electron chi connectivity index (χ0n) is 24.0. The fraction of sp³-hybridized carbons (Fsp3) is 0.344. The van der Waals surface area contributed by atoms with Crippen molar-refractivity contribution in [3.8, 4) is 5.75 Å². The Morgan fingerprint density at radius 2 is 1.80 bits per heavy atom. The molecule has 3 aliphatic rings. The van der Waals surface area contributed by atoms with Crippen molar-refractivity contribution in [3.63, 3.8) is 0 Å². The molecule has 44 heavy (non-hydrogen) atoms. The van der Waals surface area contributed by atoms with Gasteiger partial charge in [0.05, 0.1) is 16.1 Å². The minimum absolute atomic E-state index is 0.0312. The quantitative estimate of drug-likeness (QED) is 0.318. The van der Waals surface area contributed by atoms with E-state index >= 15 is 4.39 Å². The van der Waals surface area contributed by atoms with E-state index in [2.05, 4.69) is 26.6 Å². The van der Waals surface area contributed by atoms with Gasteiger partial charge in [0.25, 0.3) is 0 Å². The zero-order valence-corrected chi connectivity index (χ0v) is 27.1. The van der Waals surface area contributed by atoms with Crippen LogP contribution in [0.1, 0.15) is 47.9 Å². The second-order valence-electron chi connectivity index (χ2n) is 11.6. The highest BCUT2D eigenvalue weighted by atomic mass is 79.9. The maximum atomic E-state index is 16.5. The summed E-state index contributed by atoms with van der Waals surface area (Å²) in [5.41, 5.74) is 0.337. The molecule has 1 spiro atoms. The molecule has 2 saturated heterocycles. The number of hydrogen-bond donors (Lipinski definition) is 2. The Bertz CT molecular complexity index is 1670. The van der Waals surface area contributed by atoms with Crippen molar-refractivity contribution in [3.05, 3.63) is 91.6 Å². The number of likely N-dealkylation sites (tertiary alicyclic amines) is 1. The number of halogens is 4. The second-order valence-corrected chi connectivity index (χ2v) is 13.3. The highest BCUT2D eigenvalue weighted by Gasteiger charge is 2.62. The smallest absolute Gasteiger partial charge is 0.319 e. The van der Waals surface area contributed by atoms with Crippen molar-refractivity contribution in [1.82, 2.24) is 15.1 Å². The summed E-state index contributed by atoms with van der Waals surface area (Å²) in [6, 6.07) is 14.1. The third-order valence-electron chi connectivity index (χ3n) is 8.77. The van der Waals surface area contributed by atoms with Gasteiger partial charge >= 0.3 is 6.03 Å². The largest absolute Gasteiger partial charge is 0.490 e. The molecule has 0 bridgehead atoms. The maximum absolute atomic E-state index is 16.5. The van der Waals surface area contributed by atoms with Crippen molar-refractivity contribution in [2.45, 2.75) is 42.7 Å². The molecule has 3 aromatic carbocycles. The van der Waals surface area contributed by atoms with Crippen LogP contribution in [-0.4, -0.2) is 60.9 Å². The first kappa shape index (κ1) is 30.7. The Hall–Kier alpha value is -3.34. The molecule has 8 nitrogen and oxygen atoms in total. The van der Waals surface area contributed by atoms with E-state index in [1.54, 1.807) is 67.5 Å². The summed E-state index contributed by atoms with van der Waals surface area (Å²) in [5.74, 6) is -1.87. The molecule has 0 saturated carbocycles. The topological polar surface area (TPSA) is 91.0 Å². The van der Waals surface area contributed by atoms with Gasteiger partial charge in [-0.25, -0.2) is 9.18 Å². The number of amides is 4. The van der Waals surface area contributed by atoms with Crippen LogP contribution >= 0.6 is 39.1 Å². The highest BCUT2D eigenvalue weighted by Crippen LogP contribution is 2.59. The highest BCUT2D eigenvalue weighted by molar-refractivity contribution is 9.10. The molecule has 12 heteroatoms. The lowest BCUT2D eigenvalue weighted by atomic mass is 9.59. The van der Waals surface area contributed by atoms with Gasteiger partial charge < -0.3 is 25.2 Å². The van der Waals surface area contributed by atoms with Crippen LogP contribution in [0, 0.1) is 5.82 Å². The summed E-state index contributed by atoms with van der Waals surface area (Å²) in [6.45, 7) is 0.959. The molecule has 6 rings (SSSR count). The molecule has 4 amide bonds. The van der Waals surface area contributed by atoms with Crippen LogP contribution in [0.3, 0.4) is 0 Å². The number of nitrogens with one attached hydrogen (secondary N) is 2. The Balaban J connectivity index is 1.48. The van der Waals surface area contributed by atoms with Crippen molar-refractivity contribution < 1.29 is 23.5 Å². The van der Waals surface area contributed by atoms with Crippen LogP contribution in [0.15, 0.2) is 59.1 Å². The van der Waals surface area contributed by atoms with Crippen LogP contribution in [0.25, 0.3) is 0 Å². The van der Waals surface area contributed by atoms with Gasteiger partial charge in [-0.05, 0) is 63.5 Å². The van der Waals surface area contributed by atoms with Gasteiger partial charge in [-0.3, -0.25) is 9.59 Å². The molecule has 230 valence electrons. The van der Waals surface area contributed by atoms with Gasteiger partial charge in [-0.15, -0.1) is 0 Å². The number of carbonyl (C=O) groups excluding carboxylic acids is 3. The molecule has 0 aromatic heterocycles. The molecule has 2 N–H and O–H groups in total. The van der Waals surface area contributed by atoms with Crippen LogP contribution in [0.2, 0.25) is 10.0 Å². The lowest BCUT2D eigenvalue weighted by molar-refractivity contribution is -0.131. The molecule has 0 unspecified atom stereocenters. The fourth-order valence-corrected chi connectivity index (χ4v) is 7.51. The first-order valence-electron chi connectivity index (χ1n) is 14.3. The van der Waals surface area contributed by atoms with Crippen LogP contribution in [0.5, 0.6) is 5.75 Å². The summed E-state index contributed by atoms with van der Waals surface area (Å²) < 4.78 is 23.1.